The SMILES string of the molecule is COc1ccc(OCc2nnc(SCC(=O)Nc3cc([N+](=O)[O-])ccc3Cl)o2)cc1. The van der Waals surface area contributed by atoms with Crippen molar-refractivity contribution in [1.29, 1.82) is 0 Å². The number of hydrogen-bond acceptors (Lipinski definition) is 9. The molecule has 156 valence electrons. The molecule has 12 heteroatoms. The molecule has 1 amide bonds. The molecule has 1 N–H and O–H groups in total. The number of ether oxygens (including phenoxy) is 2. The molecular formula is C18H15ClN4O6S. The summed E-state index contributed by atoms with van der Waals surface area (Å²) in [6, 6.07) is 10.8. The predicted molar refractivity (Wildman–Crippen MR) is 109 cm³/mol. The van der Waals surface area contributed by atoms with Crippen LogP contribution in [0, 0.1) is 10.1 Å². The number of anilines is 1. The van der Waals surface area contributed by atoms with Gasteiger partial charge in [-0.1, -0.05) is 23.4 Å². The van der Waals surface area contributed by atoms with Crippen molar-refractivity contribution in [1.82, 2.24) is 10.2 Å². The van der Waals surface area contributed by atoms with Crippen molar-refractivity contribution in [3.8, 4) is 11.5 Å². The minimum absolute atomic E-state index is 0.0556. The second kappa shape index (κ2) is 9.94. The third kappa shape index (κ3) is 5.84. The van der Waals surface area contributed by atoms with Crippen LogP contribution in [0.5, 0.6) is 11.5 Å². The molecule has 0 unspecified atom stereocenters. The quantitative estimate of drug-likeness (QED) is 0.292. The van der Waals surface area contributed by atoms with Gasteiger partial charge in [0.25, 0.3) is 16.8 Å². The van der Waals surface area contributed by atoms with E-state index < -0.39 is 10.8 Å². The lowest BCUT2D eigenvalue weighted by Gasteiger charge is -2.06. The number of carbonyl (C=O) groups is 1. The van der Waals surface area contributed by atoms with Gasteiger partial charge in [-0.2, -0.15) is 0 Å². The molecule has 1 aromatic heterocycles. The van der Waals surface area contributed by atoms with Gasteiger partial charge in [0.1, 0.15) is 11.5 Å². The molecule has 3 aromatic rings. The van der Waals surface area contributed by atoms with Gasteiger partial charge in [-0.25, -0.2) is 0 Å². The molecule has 0 radical (unpaired) electrons. The summed E-state index contributed by atoms with van der Waals surface area (Å²) in [7, 11) is 1.58. The smallest absolute Gasteiger partial charge is 0.277 e. The topological polar surface area (TPSA) is 130 Å². The van der Waals surface area contributed by atoms with Crippen molar-refractivity contribution in [2.75, 3.05) is 18.2 Å². The monoisotopic (exact) mass is 450 g/mol. The van der Waals surface area contributed by atoms with Gasteiger partial charge in [-0.05, 0) is 30.3 Å². The number of nitro benzene ring substituents is 1. The number of nitrogens with one attached hydrogen (secondary N) is 1. The largest absolute Gasteiger partial charge is 0.497 e. The van der Waals surface area contributed by atoms with E-state index in [-0.39, 0.29) is 39.9 Å². The maximum atomic E-state index is 12.1. The van der Waals surface area contributed by atoms with Crippen LogP contribution in [-0.2, 0) is 11.4 Å². The van der Waals surface area contributed by atoms with E-state index in [2.05, 4.69) is 15.5 Å². The maximum Gasteiger partial charge on any atom is 0.277 e. The summed E-state index contributed by atoms with van der Waals surface area (Å²) < 4.78 is 16.0. The first-order chi connectivity index (χ1) is 14.4. The number of amides is 1. The van der Waals surface area contributed by atoms with Crippen molar-refractivity contribution < 1.29 is 23.6 Å². The van der Waals surface area contributed by atoms with Gasteiger partial charge < -0.3 is 19.2 Å². The number of non-ortho nitro benzene ring substituents is 1. The van der Waals surface area contributed by atoms with Crippen LogP contribution in [0.2, 0.25) is 5.02 Å². The molecular weight excluding hydrogens is 436 g/mol. The minimum Gasteiger partial charge on any atom is -0.497 e. The van der Waals surface area contributed by atoms with E-state index in [1.54, 1.807) is 31.4 Å². The lowest BCUT2D eigenvalue weighted by Crippen LogP contribution is -2.14. The van der Waals surface area contributed by atoms with Crippen LogP contribution in [0.1, 0.15) is 5.89 Å². The average Bonchev–Trinajstić information content (AvgIpc) is 3.20. The van der Waals surface area contributed by atoms with Gasteiger partial charge in [0, 0.05) is 12.1 Å². The number of nitrogens with zero attached hydrogens (tertiary/aromatic N) is 3. The van der Waals surface area contributed by atoms with Gasteiger partial charge >= 0.3 is 0 Å². The number of benzene rings is 2. The zero-order valence-electron chi connectivity index (χ0n) is 15.5. The third-order valence-corrected chi connectivity index (χ3v) is 4.78. The number of nitro groups is 1. The van der Waals surface area contributed by atoms with Crippen molar-refractivity contribution in [2.45, 2.75) is 11.8 Å². The standard InChI is InChI=1S/C18H15ClN4O6S/c1-27-12-3-5-13(6-4-12)28-9-17-21-22-18(29-17)30-10-16(24)20-15-8-11(23(25)26)2-7-14(15)19/h2-8H,9-10H2,1H3,(H,20,24). The Kier molecular flexibility index (Phi) is 7.09. The molecule has 0 aliphatic carbocycles. The summed E-state index contributed by atoms with van der Waals surface area (Å²) in [4.78, 5) is 22.4. The van der Waals surface area contributed by atoms with Crippen molar-refractivity contribution >= 4 is 40.6 Å². The van der Waals surface area contributed by atoms with Crippen molar-refractivity contribution in [3.05, 3.63) is 63.5 Å². The molecule has 30 heavy (non-hydrogen) atoms. The van der Waals surface area contributed by atoms with Gasteiger partial charge in [-0.3, -0.25) is 14.9 Å². The Morgan fingerprint density at radius 3 is 2.67 bits per heavy atom. The van der Waals surface area contributed by atoms with Crippen molar-refractivity contribution in [3.63, 3.8) is 0 Å². The molecule has 0 spiro atoms. The molecule has 2 aromatic carbocycles. The van der Waals surface area contributed by atoms with Crippen LogP contribution < -0.4 is 14.8 Å². The fraction of sp³-hybridized carbons (Fsp3) is 0.167. The molecule has 1 heterocycles. The van der Waals surface area contributed by atoms with E-state index >= 15 is 0 Å². The maximum absolute atomic E-state index is 12.1. The van der Waals surface area contributed by atoms with E-state index in [0.717, 1.165) is 11.8 Å². The van der Waals surface area contributed by atoms with Crippen LogP contribution in [-0.4, -0.2) is 33.9 Å². The highest BCUT2D eigenvalue weighted by Gasteiger charge is 2.14. The van der Waals surface area contributed by atoms with Crippen LogP contribution in [0.3, 0.4) is 0 Å². The minimum atomic E-state index is -0.575. The first kappa shape index (κ1) is 21.4. The normalized spacial score (nSPS) is 10.5. The Labute approximate surface area is 179 Å². The fourth-order valence-corrected chi connectivity index (χ4v) is 2.95. The number of aromatic nitrogens is 2. The third-order valence-electron chi connectivity index (χ3n) is 3.63. The highest BCUT2D eigenvalue weighted by molar-refractivity contribution is 7.99. The van der Waals surface area contributed by atoms with E-state index in [9.17, 15) is 14.9 Å². The summed E-state index contributed by atoms with van der Waals surface area (Å²) in [5.74, 6) is 1.08. The number of methoxy groups -OCH3 is 1. The molecule has 0 aliphatic heterocycles. The Morgan fingerprint density at radius 1 is 1.23 bits per heavy atom. The summed E-state index contributed by atoms with van der Waals surface area (Å²) in [5.41, 5.74) is -0.0312. The van der Waals surface area contributed by atoms with E-state index in [0.29, 0.717) is 11.5 Å². The molecule has 0 saturated carbocycles. The van der Waals surface area contributed by atoms with E-state index in [1.807, 2.05) is 0 Å². The van der Waals surface area contributed by atoms with Crippen molar-refractivity contribution in [2.24, 2.45) is 0 Å². The molecule has 0 atom stereocenters. The molecule has 3 rings (SSSR count). The lowest BCUT2D eigenvalue weighted by atomic mass is 10.3. The Hall–Kier alpha value is -3.31. The van der Waals surface area contributed by atoms with Gasteiger partial charge in [0.15, 0.2) is 6.61 Å². The number of halogens is 1. The van der Waals surface area contributed by atoms with Crippen LogP contribution in [0.25, 0.3) is 0 Å². The second-order valence-electron chi connectivity index (χ2n) is 5.68. The van der Waals surface area contributed by atoms with Gasteiger partial charge in [-0.15, -0.1) is 10.2 Å². The summed E-state index contributed by atoms with van der Waals surface area (Å²) in [5, 5.41) is 21.4. The van der Waals surface area contributed by atoms with Crippen LogP contribution >= 0.6 is 23.4 Å². The number of carbonyl (C=O) groups excluding carboxylic acids is 1. The number of rotatable bonds is 9. The van der Waals surface area contributed by atoms with E-state index in [1.165, 1.54) is 18.2 Å². The van der Waals surface area contributed by atoms with Gasteiger partial charge in [0.05, 0.1) is 28.5 Å². The zero-order valence-corrected chi connectivity index (χ0v) is 17.1. The molecule has 0 saturated heterocycles. The fourth-order valence-electron chi connectivity index (χ4n) is 2.21. The summed E-state index contributed by atoms with van der Waals surface area (Å²) in [6.07, 6.45) is 0. The highest BCUT2D eigenvalue weighted by atomic mass is 35.5. The molecule has 0 fully saturated rings. The first-order valence-corrected chi connectivity index (χ1v) is 9.77. The van der Waals surface area contributed by atoms with Gasteiger partial charge in [0.2, 0.25) is 5.91 Å². The van der Waals surface area contributed by atoms with E-state index in [4.69, 9.17) is 25.5 Å². The predicted octanol–water partition coefficient (Wildman–Crippen LogP) is 3.95. The molecule has 10 nitrogen and oxygen atoms in total. The Morgan fingerprint density at radius 2 is 1.97 bits per heavy atom. The summed E-state index contributed by atoms with van der Waals surface area (Å²) >= 11 is 6.97. The molecule has 0 aliphatic rings. The molecule has 0 bridgehead atoms. The second-order valence-corrected chi connectivity index (χ2v) is 7.02. The Bertz CT molecular complexity index is 1040. The number of thioether (sulfide) groups is 1. The zero-order chi connectivity index (χ0) is 21.5. The summed E-state index contributed by atoms with van der Waals surface area (Å²) in [6.45, 7) is 0.0649. The average molecular weight is 451 g/mol. The number of hydrogen-bond donors (Lipinski definition) is 1. The first-order valence-electron chi connectivity index (χ1n) is 8.40. The Balaban J connectivity index is 1.49. The van der Waals surface area contributed by atoms with Crippen LogP contribution in [0.4, 0.5) is 11.4 Å². The lowest BCUT2D eigenvalue weighted by molar-refractivity contribution is -0.384. The van der Waals surface area contributed by atoms with Crippen LogP contribution in [0.15, 0.2) is 52.1 Å². The highest BCUT2D eigenvalue weighted by Crippen LogP contribution is 2.27.